The van der Waals surface area contributed by atoms with E-state index in [0.29, 0.717) is 19.5 Å². The molecule has 1 aliphatic rings. The van der Waals surface area contributed by atoms with Gasteiger partial charge in [-0.1, -0.05) is 29.8 Å². The lowest BCUT2D eigenvalue weighted by molar-refractivity contribution is -0.131. The molecule has 4 nitrogen and oxygen atoms in total. The lowest BCUT2D eigenvalue weighted by Gasteiger charge is -2.36. The fraction of sp³-hybridized carbons (Fsp3) is 0.350. The van der Waals surface area contributed by atoms with Crippen LogP contribution in [0.1, 0.15) is 12.0 Å². The van der Waals surface area contributed by atoms with Crippen molar-refractivity contribution in [2.45, 2.75) is 13.0 Å². The van der Waals surface area contributed by atoms with Crippen LogP contribution < -0.4 is 10.2 Å². The SMILES string of the molecule is O=C(CCNCc1ccc(F)cc1)N1CCN(c2cccc(Cl)c2)CC1. The van der Waals surface area contributed by atoms with Gasteiger partial charge < -0.3 is 15.1 Å². The van der Waals surface area contributed by atoms with E-state index in [1.54, 1.807) is 12.1 Å². The molecule has 0 radical (unpaired) electrons. The molecule has 1 saturated heterocycles. The van der Waals surface area contributed by atoms with E-state index >= 15 is 0 Å². The number of benzene rings is 2. The van der Waals surface area contributed by atoms with E-state index in [2.05, 4.69) is 10.2 Å². The van der Waals surface area contributed by atoms with Crippen molar-refractivity contribution in [1.29, 1.82) is 0 Å². The summed E-state index contributed by atoms with van der Waals surface area (Å²) in [5, 5.41) is 3.97. The predicted molar refractivity (Wildman–Crippen MR) is 103 cm³/mol. The number of amides is 1. The third-order valence-corrected chi connectivity index (χ3v) is 4.80. The van der Waals surface area contributed by atoms with Gasteiger partial charge in [-0.15, -0.1) is 0 Å². The molecular weight excluding hydrogens is 353 g/mol. The van der Waals surface area contributed by atoms with Crippen molar-refractivity contribution in [3.63, 3.8) is 0 Å². The predicted octanol–water partition coefficient (Wildman–Crippen LogP) is 3.31. The topological polar surface area (TPSA) is 35.6 Å². The molecule has 1 fully saturated rings. The van der Waals surface area contributed by atoms with Crippen LogP contribution in [0.25, 0.3) is 0 Å². The van der Waals surface area contributed by atoms with E-state index in [9.17, 15) is 9.18 Å². The van der Waals surface area contributed by atoms with E-state index in [0.717, 1.165) is 42.5 Å². The third-order valence-electron chi connectivity index (χ3n) is 4.56. The van der Waals surface area contributed by atoms with Crippen LogP contribution in [0.4, 0.5) is 10.1 Å². The highest BCUT2D eigenvalue weighted by atomic mass is 35.5. The summed E-state index contributed by atoms with van der Waals surface area (Å²) in [7, 11) is 0. The molecule has 0 aromatic heterocycles. The van der Waals surface area contributed by atoms with Gasteiger partial charge in [-0.3, -0.25) is 4.79 Å². The fourth-order valence-electron chi connectivity index (χ4n) is 3.08. The Balaban J connectivity index is 1.37. The van der Waals surface area contributed by atoms with Crippen molar-refractivity contribution in [2.75, 3.05) is 37.6 Å². The Bertz CT molecular complexity index is 730. The fourth-order valence-corrected chi connectivity index (χ4v) is 3.26. The second kappa shape index (κ2) is 9.01. The first-order valence-corrected chi connectivity index (χ1v) is 9.23. The number of nitrogens with one attached hydrogen (secondary N) is 1. The number of hydrogen-bond donors (Lipinski definition) is 1. The quantitative estimate of drug-likeness (QED) is 0.787. The maximum absolute atomic E-state index is 12.9. The summed E-state index contributed by atoms with van der Waals surface area (Å²) < 4.78 is 12.9. The average molecular weight is 376 g/mol. The first-order chi connectivity index (χ1) is 12.6. The first-order valence-electron chi connectivity index (χ1n) is 8.85. The van der Waals surface area contributed by atoms with Crippen molar-refractivity contribution >= 4 is 23.2 Å². The molecule has 3 rings (SSSR count). The monoisotopic (exact) mass is 375 g/mol. The maximum atomic E-state index is 12.9. The van der Waals surface area contributed by atoms with Gasteiger partial charge in [0.05, 0.1) is 0 Å². The molecule has 1 N–H and O–H groups in total. The average Bonchev–Trinajstić information content (AvgIpc) is 2.66. The number of anilines is 1. The Morgan fingerprint density at radius 1 is 1.08 bits per heavy atom. The van der Waals surface area contributed by atoms with Crippen LogP contribution in [0.3, 0.4) is 0 Å². The lowest BCUT2D eigenvalue weighted by Crippen LogP contribution is -2.49. The second-order valence-corrected chi connectivity index (χ2v) is 6.84. The van der Waals surface area contributed by atoms with Gasteiger partial charge in [-0.2, -0.15) is 0 Å². The smallest absolute Gasteiger partial charge is 0.223 e. The molecule has 0 spiro atoms. The van der Waals surface area contributed by atoms with E-state index in [1.165, 1.54) is 12.1 Å². The minimum Gasteiger partial charge on any atom is -0.368 e. The van der Waals surface area contributed by atoms with Gasteiger partial charge in [0.1, 0.15) is 5.82 Å². The highest BCUT2D eigenvalue weighted by molar-refractivity contribution is 6.30. The molecule has 0 atom stereocenters. The normalized spacial score (nSPS) is 14.5. The molecular formula is C20H23ClFN3O. The zero-order chi connectivity index (χ0) is 18.4. The summed E-state index contributed by atoms with van der Waals surface area (Å²) in [6.07, 6.45) is 0.471. The van der Waals surface area contributed by atoms with E-state index < -0.39 is 0 Å². The van der Waals surface area contributed by atoms with E-state index in [1.807, 2.05) is 29.2 Å². The molecule has 26 heavy (non-hydrogen) atoms. The van der Waals surface area contributed by atoms with Gasteiger partial charge in [0.25, 0.3) is 0 Å². The summed E-state index contributed by atoms with van der Waals surface area (Å²) in [4.78, 5) is 16.5. The molecule has 6 heteroatoms. The Labute approximate surface area is 158 Å². The van der Waals surface area contributed by atoms with Gasteiger partial charge in [0.2, 0.25) is 5.91 Å². The maximum Gasteiger partial charge on any atom is 0.223 e. The summed E-state index contributed by atoms with van der Waals surface area (Å²) in [5.41, 5.74) is 2.11. The van der Waals surface area contributed by atoms with Gasteiger partial charge >= 0.3 is 0 Å². The van der Waals surface area contributed by atoms with E-state index in [4.69, 9.17) is 11.6 Å². The minimum atomic E-state index is -0.235. The Kier molecular flexibility index (Phi) is 6.47. The molecule has 0 unspecified atom stereocenters. The largest absolute Gasteiger partial charge is 0.368 e. The van der Waals surface area contributed by atoms with Crippen molar-refractivity contribution in [1.82, 2.24) is 10.2 Å². The van der Waals surface area contributed by atoms with Crippen LogP contribution in [0.5, 0.6) is 0 Å². The number of halogens is 2. The van der Waals surface area contributed by atoms with Crippen molar-refractivity contribution < 1.29 is 9.18 Å². The number of nitrogens with zero attached hydrogens (tertiary/aromatic N) is 2. The van der Waals surface area contributed by atoms with Crippen LogP contribution >= 0.6 is 11.6 Å². The standard InChI is InChI=1S/C20H23ClFN3O/c21-17-2-1-3-19(14-17)24-10-12-25(13-11-24)20(26)8-9-23-15-16-4-6-18(22)7-5-16/h1-7,14,23H,8-13,15H2. The molecule has 0 bridgehead atoms. The van der Waals surface area contributed by atoms with Crippen molar-refractivity contribution in [2.24, 2.45) is 0 Å². The minimum absolute atomic E-state index is 0.169. The highest BCUT2D eigenvalue weighted by Crippen LogP contribution is 2.20. The summed E-state index contributed by atoms with van der Waals surface area (Å²) >= 11 is 6.05. The third kappa shape index (κ3) is 5.19. The summed E-state index contributed by atoms with van der Waals surface area (Å²) in [5.74, 6) is -0.0665. The Morgan fingerprint density at radius 2 is 1.81 bits per heavy atom. The molecule has 2 aromatic rings. The Morgan fingerprint density at radius 3 is 2.50 bits per heavy atom. The van der Waals surface area contributed by atoms with Gasteiger partial charge in [-0.05, 0) is 35.9 Å². The molecule has 1 aliphatic heterocycles. The van der Waals surface area contributed by atoms with Crippen LogP contribution in [-0.2, 0) is 11.3 Å². The van der Waals surface area contributed by atoms with Gasteiger partial charge in [-0.25, -0.2) is 4.39 Å². The molecule has 2 aromatic carbocycles. The molecule has 138 valence electrons. The summed E-state index contributed by atoms with van der Waals surface area (Å²) in [6.45, 7) is 4.33. The number of carbonyl (C=O) groups is 1. The summed E-state index contributed by atoms with van der Waals surface area (Å²) in [6, 6.07) is 14.2. The zero-order valence-electron chi connectivity index (χ0n) is 14.6. The molecule has 0 aliphatic carbocycles. The van der Waals surface area contributed by atoms with Crippen LogP contribution in [-0.4, -0.2) is 43.5 Å². The Hall–Kier alpha value is -2.11. The molecule has 1 amide bonds. The van der Waals surface area contributed by atoms with Crippen LogP contribution in [0.15, 0.2) is 48.5 Å². The van der Waals surface area contributed by atoms with E-state index in [-0.39, 0.29) is 11.7 Å². The van der Waals surface area contributed by atoms with Crippen molar-refractivity contribution in [3.05, 3.63) is 64.9 Å². The molecule has 0 saturated carbocycles. The van der Waals surface area contributed by atoms with Crippen LogP contribution in [0, 0.1) is 5.82 Å². The van der Waals surface area contributed by atoms with Gasteiger partial charge in [0, 0.05) is 56.4 Å². The first kappa shape index (κ1) is 18.7. The number of piperazine rings is 1. The highest BCUT2D eigenvalue weighted by Gasteiger charge is 2.20. The lowest BCUT2D eigenvalue weighted by atomic mass is 10.2. The second-order valence-electron chi connectivity index (χ2n) is 6.40. The van der Waals surface area contributed by atoms with Gasteiger partial charge in [0.15, 0.2) is 0 Å². The number of hydrogen-bond acceptors (Lipinski definition) is 3. The number of carbonyl (C=O) groups excluding carboxylic acids is 1. The van der Waals surface area contributed by atoms with Crippen molar-refractivity contribution in [3.8, 4) is 0 Å². The molecule has 1 heterocycles. The number of rotatable bonds is 6. The van der Waals surface area contributed by atoms with Crippen LogP contribution in [0.2, 0.25) is 5.02 Å². The zero-order valence-corrected chi connectivity index (χ0v) is 15.4.